The lowest BCUT2D eigenvalue weighted by Gasteiger charge is -2.26. The second-order valence-electron chi connectivity index (χ2n) is 4.91. The Balaban J connectivity index is 2.25. The highest BCUT2D eigenvalue weighted by Crippen LogP contribution is 2.44. The van der Waals surface area contributed by atoms with Gasteiger partial charge in [0, 0.05) is 20.3 Å². The third-order valence-electron chi connectivity index (χ3n) is 3.79. The Labute approximate surface area is 111 Å². The first-order valence-electron chi connectivity index (χ1n) is 6.06. The summed E-state index contributed by atoms with van der Waals surface area (Å²) in [7, 11) is 2.09. The molecule has 1 saturated carbocycles. The number of nitrogens with one attached hydrogen (secondary N) is 1. The molecule has 0 spiro atoms. The predicted octanol–water partition coefficient (Wildman–Crippen LogP) is 4.52. The Kier molecular flexibility index (Phi) is 4.09. The van der Waals surface area contributed by atoms with Gasteiger partial charge in [-0.25, -0.2) is 0 Å². The van der Waals surface area contributed by atoms with Crippen LogP contribution in [0, 0.1) is 18.8 Å². The van der Waals surface area contributed by atoms with Gasteiger partial charge in [-0.15, -0.1) is 11.3 Å². The van der Waals surface area contributed by atoms with Gasteiger partial charge >= 0.3 is 0 Å². The SMILES string of the molecule is CNC(c1sc(C)cc1Br)C1CCCC1C. The quantitative estimate of drug-likeness (QED) is 0.866. The second kappa shape index (κ2) is 5.19. The van der Waals surface area contributed by atoms with Gasteiger partial charge in [-0.3, -0.25) is 0 Å². The number of hydrogen-bond acceptors (Lipinski definition) is 2. The normalized spacial score (nSPS) is 27.2. The van der Waals surface area contributed by atoms with Crippen LogP contribution in [0.1, 0.15) is 42.0 Å². The molecule has 0 aliphatic heterocycles. The molecule has 1 aliphatic rings. The van der Waals surface area contributed by atoms with Crippen molar-refractivity contribution in [2.75, 3.05) is 7.05 Å². The summed E-state index contributed by atoms with van der Waals surface area (Å²) >= 11 is 5.62. The molecule has 0 bridgehead atoms. The van der Waals surface area contributed by atoms with Crippen LogP contribution in [0.15, 0.2) is 10.5 Å². The van der Waals surface area contributed by atoms with E-state index < -0.39 is 0 Å². The Morgan fingerprint density at radius 2 is 2.25 bits per heavy atom. The molecule has 0 saturated heterocycles. The highest BCUT2D eigenvalue weighted by atomic mass is 79.9. The van der Waals surface area contributed by atoms with Crippen molar-refractivity contribution in [2.45, 2.75) is 39.2 Å². The molecule has 1 aromatic rings. The standard InChI is InChI=1S/C13H20BrNS/c1-8-5-4-6-10(8)12(15-3)13-11(14)7-9(2)16-13/h7-8,10,12,15H,4-6H2,1-3H3. The zero-order valence-corrected chi connectivity index (χ0v) is 12.6. The highest BCUT2D eigenvalue weighted by molar-refractivity contribution is 9.10. The second-order valence-corrected chi connectivity index (χ2v) is 7.05. The molecule has 1 aliphatic carbocycles. The van der Waals surface area contributed by atoms with Crippen LogP contribution in [0.3, 0.4) is 0 Å². The molecule has 3 atom stereocenters. The van der Waals surface area contributed by atoms with Crippen LogP contribution in [0.2, 0.25) is 0 Å². The number of thiophene rings is 1. The zero-order valence-electron chi connectivity index (χ0n) is 10.2. The van der Waals surface area contributed by atoms with Crippen molar-refractivity contribution < 1.29 is 0 Å². The van der Waals surface area contributed by atoms with Gasteiger partial charge < -0.3 is 5.32 Å². The lowest BCUT2D eigenvalue weighted by atomic mass is 9.89. The number of rotatable bonds is 3. The molecule has 0 aromatic carbocycles. The molecule has 1 fully saturated rings. The van der Waals surface area contributed by atoms with E-state index in [0.29, 0.717) is 6.04 Å². The minimum atomic E-state index is 0.533. The van der Waals surface area contributed by atoms with E-state index in [2.05, 4.69) is 48.2 Å². The van der Waals surface area contributed by atoms with Crippen molar-refractivity contribution >= 4 is 27.3 Å². The summed E-state index contributed by atoms with van der Waals surface area (Å²) in [6.45, 7) is 4.58. The first kappa shape index (κ1) is 12.6. The van der Waals surface area contributed by atoms with Crippen molar-refractivity contribution in [3.8, 4) is 0 Å². The maximum Gasteiger partial charge on any atom is 0.0455 e. The molecule has 0 amide bonds. The predicted molar refractivity (Wildman–Crippen MR) is 75.1 cm³/mol. The third-order valence-corrected chi connectivity index (χ3v) is 5.84. The van der Waals surface area contributed by atoms with Crippen molar-refractivity contribution in [3.05, 3.63) is 20.3 Å². The van der Waals surface area contributed by atoms with Gasteiger partial charge in [-0.05, 0) is 54.2 Å². The molecule has 3 unspecified atom stereocenters. The van der Waals surface area contributed by atoms with Crippen LogP contribution < -0.4 is 5.32 Å². The topological polar surface area (TPSA) is 12.0 Å². The van der Waals surface area contributed by atoms with E-state index in [1.165, 1.54) is 33.5 Å². The Morgan fingerprint density at radius 3 is 2.69 bits per heavy atom. The summed E-state index contributed by atoms with van der Waals surface area (Å²) in [4.78, 5) is 2.88. The van der Waals surface area contributed by atoms with Gasteiger partial charge in [0.2, 0.25) is 0 Å². The molecular formula is C13H20BrNS. The first-order valence-corrected chi connectivity index (χ1v) is 7.67. The van der Waals surface area contributed by atoms with Gasteiger partial charge in [0.15, 0.2) is 0 Å². The fourth-order valence-electron chi connectivity index (χ4n) is 2.92. The van der Waals surface area contributed by atoms with E-state index in [1.54, 1.807) is 0 Å². The summed E-state index contributed by atoms with van der Waals surface area (Å²) in [5.74, 6) is 1.66. The molecular weight excluding hydrogens is 282 g/mol. The fraction of sp³-hybridized carbons (Fsp3) is 0.692. The van der Waals surface area contributed by atoms with Crippen LogP contribution in [0.5, 0.6) is 0 Å². The molecule has 1 N–H and O–H groups in total. The summed E-state index contributed by atoms with van der Waals surface area (Å²) in [6.07, 6.45) is 4.16. The van der Waals surface area contributed by atoms with Crippen molar-refractivity contribution in [3.63, 3.8) is 0 Å². The monoisotopic (exact) mass is 301 g/mol. The minimum Gasteiger partial charge on any atom is -0.312 e. The Morgan fingerprint density at radius 1 is 1.50 bits per heavy atom. The third kappa shape index (κ3) is 2.36. The Bertz CT molecular complexity index is 361. The van der Waals surface area contributed by atoms with Crippen molar-refractivity contribution in [1.29, 1.82) is 0 Å². The average molecular weight is 302 g/mol. The van der Waals surface area contributed by atoms with Crippen LogP contribution in [0.25, 0.3) is 0 Å². The van der Waals surface area contributed by atoms with Crippen LogP contribution in [0.4, 0.5) is 0 Å². The zero-order chi connectivity index (χ0) is 11.7. The number of aryl methyl sites for hydroxylation is 1. The maximum absolute atomic E-state index is 3.70. The number of halogens is 1. The fourth-order valence-corrected chi connectivity index (χ4v) is 5.01. The van der Waals surface area contributed by atoms with E-state index in [9.17, 15) is 0 Å². The molecule has 16 heavy (non-hydrogen) atoms. The summed E-state index contributed by atoms with van der Waals surface area (Å²) in [5, 5.41) is 3.53. The molecule has 0 radical (unpaired) electrons. The van der Waals surface area contributed by atoms with E-state index in [-0.39, 0.29) is 0 Å². The van der Waals surface area contributed by atoms with E-state index in [0.717, 1.165) is 11.8 Å². The van der Waals surface area contributed by atoms with Crippen molar-refractivity contribution in [2.24, 2.45) is 11.8 Å². The van der Waals surface area contributed by atoms with Gasteiger partial charge in [0.1, 0.15) is 0 Å². The lowest BCUT2D eigenvalue weighted by Crippen LogP contribution is -2.26. The maximum atomic E-state index is 3.70. The van der Waals surface area contributed by atoms with E-state index >= 15 is 0 Å². The van der Waals surface area contributed by atoms with Gasteiger partial charge in [-0.1, -0.05) is 19.8 Å². The van der Waals surface area contributed by atoms with Crippen LogP contribution >= 0.6 is 27.3 Å². The molecule has 2 rings (SSSR count). The smallest absolute Gasteiger partial charge is 0.0455 e. The summed E-state index contributed by atoms with van der Waals surface area (Å²) in [6, 6.07) is 2.77. The molecule has 1 nitrogen and oxygen atoms in total. The largest absolute Gasteiger partial charge is 0.312 e. The minimum absolute atomic E-state index is 0.533. The summed E-state index contributed by atoms with van der Waals surface area (Å²) in [5.41, 5.74) is 0. The molecule has 1 heterocycles. The van der Waals surface area contributed by atoms with E-state index in [1.807, 2.05) is 11.3 Å². The Hall–Kier alpha value is 0.140. The molecule has 3 heteroatoms. The van der Waals surface area contributed by atoms with Crippen molar-refractivity contribution in [1.82, 2.24) is 5.32 Å². The number of hydrogen-bond donors (Lipinski definition) is 1. The lowest BCUT2D eigenvalue weighted by molar-refractivity contribution is 0.318. The van der Waals surface area contributed by atoms with E-state index in [4.69, 9.17) is 0 Å². The van der Waals surface area contributed by atoms with Gasteiger partial charge in [-0.2, -0.15) is 0 Å². The molecule has 1 aromatic heterocycles. The van der Waals surface area contributed by atoms with Crippen LogP contribution in [-0.2, 0) is 0 Å². The van der Waals surface area contributed by atoms with Crippen LogP contribution in [-0.4, -0.2) is 7.05 Å². The average Bonchev–Trinajstić information content (AvgIpc) is 2.77. The summed E-state index contributed by atoms with van der Waals surface area (Å²) < 4.78 is 1.29. The highest BCUT2D eigenvalue weighted by Gasteiger charge is 2.32. The van der Waals surface area contributed by atoms with Gasteiger partial charge in [0.05, 0.1) is 0 Å². The first-order chi connectivity index (χ1) is 7.63. The van der Waals surface area contributed by atoms with Gasteiger partial charge in [0.25, 0.3) is 0 Å². The molecule has 90 valence electrons.